The summed E-state index contributed by atoms with van der Waals surface area (Å²) in [5.74, 6) is -1.97. The Balaban J connectivity index is 1.40. The molecule has 0 saturated heterocycles. The zero-order valence-electron chi connectivity index (χ0n) is 16.7. The number of sulfonamides is 1. The highest BCUT2D eigenvalue weighted by Gasteiger charge is 2.44. The molecule has 1 amide bonds. The second kappa shape index (κ2) is 7.59. The lowest BCUT2D eigenvalue weighted by Gasteiger charge is -2.19. The van der Waals surface area contributed by atoms with E-state index in [1.165, 1.54) is 29.5 Å². The molecule has 0 spiro atoms. The monoisotopic (exact) mass is 492 g/mol. The Morgan fingerprint density at radius 3 is 2.73 bits per heavy atom. The molecule has 3 heterocycles. The average molecular weight is 493 g/mol. The summed E-state index contributed by atoms with van der Waals surface area (Å²) in [6.07, 6.45) is -1.15. The maximum Gasteiger partial charge on any atom is 0.471 e. The standard InChI is InChI=1S/C21H15F3N4O3S2/c22-21(23,24)19(29)28-7-6-14-11-16(4-5-18(14)28)33(30,31)26-15-3-1-2-13(10-15)17-12-27-8-9-32-20(27)25-17/h1-5,8-12,26H,6-7H2. The number of anilines is 2. The van der Waals surface area contributed by atoms with E-state index >= 15 is 0 Å². The predicted octanol–water partition coefficient (Wildman–Crippen LogP) is 4.32. The summed E-state index contributed by atoms with van der Waals surface area (Å²) in [6, 6.07) is 10.5. The number of hydrogen-bond donors (Lipinski definition) is 1. The molecule has 2 aromatic heterocycles. The van der Waals surface area contributed by atoms with Crippen LogP contribution in [-0.4, -0.2) is 36.4 Å². The number of alkyl halides is 3. The van der Waals surface area contributed by atoms with Gasteiger partial charge in [0.25, 0.3) is 10.0 Å². The molecule has 1 aliphatic rings. The van der Waals surface area contributed by atoms with Gasteiger partial charge in [0.2, 0.25) is 0 Å². The van der Waals surface area contributed by atoms with Crippen LogP contribution in [0.5, 0.6) is 0 Å². The summed E-state index contributed by atoms with van der Waals surface area (Å²) in [5.41, 5.74) is 2.16. The maximum atomic E-state index is 12.9. The first-order valence-corrected chi connectivity index (χ1v) is 12.1. The number of amides is 1. The molecule has 5 rings (SSSR count). The van der Waals surface area contributed by atoms with Crippen LogP contribution in [0.1, 0.15) is 5.56 Å². The number of rotatable bonds is 4. The Kier molecular flexibility index (Phi) is 4.94. The van der Waals surface area contributed by atoms with E-state index < -0.39 is 22.1 Å². The van der Waals surface area contributed by atoms with E-state index in [2.05, 4.69) is 9.71 Å². The van der Waals surface area contributed by atoms with Crippen molar-refractivity contribution in [3.8, 4) is 11.3 Å². The number of imidazole rings is 1. The zero-order valence-corrected chi connectivity index (χ0v) is 18.3. The highest BCUT2D eigenvalue weighted by Crippen LogP contribution is 2.34. The quantitative estimate of drug-likeness (QED) is 0.460. The summed E-state index contributed by atoms with van der Waals surface area (Å²) in [6.45, 7) is -0.158. The molecular formula is C21H15F3N4O3S2. The van der Waals surface area contributed by atoms with Gasteiger partial charge in [0.15, 0.2) is 4.96 Å². The molecule has 7 nitrogen and oxygen atoms in total. The van der Waals surface area contributed by atoms with Crippen molar-refractivity contribution in [1.82, 2.24) is 9.38 Å². The van der Waals surface area contributed by atoms with E-state index in [1.807, 2.05) is 28.2 Å². The van der Waals surface area contributed by atoms with Gasteiger partial charge in [-0.2, -0.15) is 13.2 Å². The number of fused-ring (bicyclic) bond motifs is 2. The number of benzene rings is 2. The summed E-state index contributed by atoms with van der Waals surface area (Å²) in [7, 11) is -4.01. The Morgan fingerprint density at radius 1 is 1.15 bits per heavy atom. The summed E-state index contributed by atoms with van der Waals surface area (Å²) in [4.78, 5) is 17.4. The van der Waals surface area contributed by atoms with Gasteiger partial charge in [-0.25, -0.2) is 13.4 Å². The first kappa shape index (κ1) is 21.5. The molecular weight excluding hydrogens is 477 g/mol. The molecule has 12 heteroatoms. The summed E-state index contributed by atoms with van der Waals surface area (Å²) >= 11 is 1.48. The van der Waals surface area contributed by atoms with E-state index in [0.717, 1.165) is 10.5 Å². The third kappa shape index (κ3) is 3.95. The third-order valence-corrected chi connectivity index (χ3v) is 7.40. The second-order valence-corrected chi connectivity index (χ2v) is 9.96. The molecule has 2 aromatic carbocycles. The van der Waals surface area contributed by atoms with Crippen molar-refractivity contribution in [3.63, 3.8) is 0 Å². The van der Waals surface area contributed by atoms with Gasteiger partial charge in [0.1, 0.15) is 0 Å². The lowest BCUT2D eigenvalue weighted by Crippen LogP contribution is -2.40. The van der Waals surface area contributed by atoms with Crippen LogP contribution < -0.4 is 9.62 Å². The first-order valence-electron chi connectivity index (χ1n) is 9.69. The Labute approximate surface area is 190 Å². The van der Waals surface area contributed by atoms with Gasteiger partial charge in [0.05, 0.1) is 10.6 Å². The van der Waals surface area contributed by atoms with Crippen LogP contribution in [0, 0.1) is 0 Å². The van der Waals surface area contributed by atoms with E-state index in [-0.39, 0.29) is 23.5 Å². The summed E-state index contributed by atoms with van der Waals surface area (Å²) in [5, 5.41) is 1.91. The average Bonchev–Trinajstić information content (AvgIpc) is 3.46. The fraction of sp³-hybridized carbons (Fsp3) is 0.143. The van der Waals surface area contributed by atoms with Gasteiger partial charge in [0, 0.05) is 41.3 Å². The summed E-state index contributed by atoms with van der Waals surface area (Å²) < 4.78 is 68.6. The molecule has 0 unspecified atom stereocenters. The van der Waals surface area contributed by atoms with Gasteiger partial charge in [-0.1, -0.05) is 12.1 Å². The number of hydrogen-bond acceptors (Lipinski definition) is 5. The van der Waals surface area contributed by atoms with Crippen LogP contribution in [0.4, 0.5) is 24.5 Å². The molecule has 0 aliphatic carbocycles. The van der Waals surface area contributed by atoms with Crippen LogP contribution in [0.25, 0.3) is 16.2 Å². The maximum absolute atomic E-state index is 12.9. The smallest absolute Gasteiger partial charge is 0.304 e. The topological polar surface area (TPSA) is 83.8 Å². The van der Waals surface area contributed by atoms with Crippen molar-refractivity contribution in [3.05, 3.63) is 65.8 Å². The minimum Gasteiger partial charge on any atom is -0.304 e. The minimum absolute atomic E-state index is 0.0676. The molecule has 33 heavy (non-hydrogen) atoms. The van der Waals surface area contributed by atoms with Crippen LogP contribution in [0.15, 0.2) is 65.1 Å². The number of thiazole rings is 1. The number of carbonyl (C=O) groups excluding carboxylic acids is 1. The number of carbonyl (C=O) groups is 1. The van der Waals surface area contributed by atoms with Crippen molar-refractivity contribution in [2.24, 2.45) is 0 Å². The lowest BCUT2D eigenvalue weighted by molar-refractivity contribution is -0.170. The minimum atomic E-state index is -5.00. The highest BCUT2D eigenvalue weighted by molar-refractivity contribution is 7.92. The van der Waals surface area contributed by atoms with E-state index in [9.17, 15) is 26.4 Å². The van der Waals surface area contributed by atoms with Gasteiger partial charge in [-0.3, -0.25) is 13.9 Å². The Hall–Kier alpha value is -3.38. The van der Waals surface area contributed by atoms with Crippen molar-refractivity contribution < 1.29 is 26.4 Å². The number of nitrogens with zero attached hydrogens (tertiary/aromatic N) is 3. The van der Waals surface area contributed by atoms with E-state index in [1.54, 1.807) is 18.2 Å². The van der Waals surface area contributed by atoms with Crippen LogP contribution >= 0.6 is 11.3 Å². The molecule has 0 bridgehead atoms. The normalized spacial score (nSPS) is 14.0. The highest BCUT2D eigenvalue weighted by atomic mass is 32.2. The van der Waals surface area contributed by atoms with Gasteiger partial charge >= 0.3 is 12.1 Å². The first-order chi connectivity index (χ1) is 15.6. The Bertz CT molecular complexity index is 1460. The van der Waals surface area contributed by atoms with Gasteiger partial charge < -0.3 is 4.90 Å². The molecule has 0 radical (unpaired) electrons. The second-order valence-electron chi connectivity index (χ2n) is 7.40. The molecule has 0 atom stereocenters. The van der Waals surface area contributed by atoms with Crippen LogP contribution in [-0.2, 0) is 21.2 Å². The van der Waals surface area contributed by atoms with Crippen molar-refractivity contribution in [2.75, 3.05) is 16.2 Å². The molecule has 170 valence electrons. The van der Waals surface area contributed by atoms with Crippen LogP contribution in [0.3, 0.4) is 0 Å². The molecule has 0 fully saturated rings. The van der Waals surface area contributed by atoms with Crippen molar-refractivity contribution >= 4 is 43.6 Å². The molecule has 4 aromatic rings. The fourth-order valence-corrected chi connectivity index (χ4v) is 5.53. The predicted molar refractivity (Wildman–Crippen MR) is 118 cm³/mol. The van der Waals surface area contributed by atoms with Gasteiger partial charge in [-0.05, 0) is 42.3 Å². The Morgan fingerprint density at radius 2 is 1.97 bits per heavy atom. The molecule has 1 N–H and O–H groups in total. The number of aromatic nitrogens is 2. The molecule has 1 aliphatic heterocycles. The SMILES string of the molecule is O=C(N1CCc2cc(S(=O)(=O)Nc3cccc(-c4cn5ccsc5n4)c3)ccc21)C(F)(F)F. The van der Waals surface area contributed by atoms with E-state index in [0.29, 0.717) is 21.8 Å². The largest absolute Gasteiger partial charge is 0.471 e. The van der Waals surface area contributed by atoms with Gasteiger partial charge in [-0.15, -0.1) is 11.3 Å². The van der Waals surface area contributed by atoms with Crippen molar-refractivity contribution in [1.29, 1.82) is 0 Å². The molecule has 0 saturated carbocycles. The third-order valence-electron chi connectivity index (χ3n) is 5.25. The zero-order chi connectivity index (χ0) is 23.4. The number of nitrogens with one attached hydrogen (secondary N) is 1. The lowest BCUT2D eigenvalue weighted by atomic mass is 10.1. The van der Waals surface area contributed by atoms with E-state index in [4.69, 9.17) is 0 Å². The fourth-order valence-electron chi connectivity index (χ4n) is 3.73. The van der Waals surface area contributed by atoms with Crippen LogP contribution in [0.2, 0.25) is 0 Å². The van der Waals surface area contributed by atoms with Crippen molar-refractivity contribution in [2.45, 2.75) is 17.5 Å². The number of halogens is 3.